The first-order chi connectivity index (χ1) is 17.6. The normalized spacial score (nSPS) is 37.4. The molecule has 3 nitrogen and oxygen atoms in total. The van der Waals surface area contributed by atoms with Crippen LogP contribution in [0.2, 0.25) is 0 Å². The summed E-state index contributed by atoms with van der Waals surface area (Å²) in [6, 6.07) is 3.94. The van der Waals surface area contributed by atoms with Gasteiger partial charge in [-0.25, -0.2) is 0 Å². The zero-order chi connectivity index (χ0) is 26.8. The molecule has 4 aliphatic carbocycles. The average molecular weight is 509 g/mol. The van der Waals surface area contributed by atoms with Crippen LogP contribution in [0.25, 0.3) is 0 Å². The second kappa shape index (κ2) is 11.8. The smallest absolute Gasteiger partial charge is 0.0577 e. The van der Waals surface area contributed by atoms with Gasteiger partial charge < -0.3 is 10.0 Å². The highest BCUT2D eigenvalue weighted by Crippen LogP contribution is 2.67. The number of hydrogen-bond acceptors (Lipinski definition) is 3. The van der Waals surface area contributed by atoms with Gasteiger partial charge in [0.05, 0.1) is 6.10 Å². The molecule has 0 bridgehead atoms. The molecule has 3 fully saturated rings. The van der Waals surface area contributed by atoms with Gasteiger partial charge in [-0.05, 0) is 110 Å². The van der Waals surface area contributed by atoms with Crippen LogP contribution in [0.1, 0.15) is 105 Å². The molecule has 4 aliphatic rings. The molecule has 208 valence electrons. The van der Waals surface area contributed by atoms with Crippen molar-refractivity contribution in [1.82, 2.24) is 4.98 Å². The molecular weight excluding hydrogens is 452 g/mol. The lowest BCUT2D eigenvalue weighted by atomic mass is 9.47. The Kier molecular flexibility index (Phi) is 9.14. The summed E-state index contributed by atoms with van der Waals surface area (Å²) in [6.07, 6.45) is 20.7. The van der Waals surface area contributed by atoms with Crippen molar-refractivity contribution in [1.29, 1.82) is 0 Å². The number of hydrogen-bond donors (Lipinski definition) is 1. The molecule has 1 aromatic rings. The third kappa shape index (κ3) is 5.97. The van der Waals surface area contributed by atoms with Crippen molar-refractivity contribution in [2.45, 2.75) is 111 Å². The summed E-state index contributed by atoms with van der Waals surface area (Å²) >= 11 is 0. The molecule has 3 heteroatoms. The van der Waals surface area contributed by atoms with E-state index in [0.29, 0.717) is 10.8 Å². The molecule has 0 saturated heterocycles. The van der Waals surface area contributed by atoms with E-state index in [-0.39, 0.29) is 6.10 Å². The lowest BCUT2D eigenvalue weighted by molar-refractivity contribution is -0.0573. The molecule has 1 N–H and O–H groups in total. The van der Waals surface area contributed by atoms with Crippen LogP contribution in [-0.4, -0.2) is 30.3 Å². The summed E-state index contributed by atoms with van der Waals surface area (Å²) in [5, 5.41) is 10.2. The minimum absolute atomic E-state index is 0.0766. The van der Waals surface area contributed by atoms with Crippen LogP contribution in [0.4, 0.5) is 5.69 Å². The van der Waals surface area contributed by atoms with Crippen molar-refractivity contribution in [3.8, 4) is 0 Å². The highest BCUT2D eigenvalue weighted by atomic mass is 16.3. The van der Waals surface area contributed by atoms with Crippen molar-refractivity contribution in [2.24, 2.45) is 46.3 Å². The highest BCUT2D eigenvalue weighted by Gasteiger charge is 2.59. The summed E-state index contributed by atoms with van der Waals surface area (Å²) in [4.78, 5) is 5.94. The van der Waals surface area contributed by atoms with E-state index in [2.05, 4.69) is 45.7 Å². The third-order valence-corrected chi connectivity index (χ3v) is 11.5. The number of rotatable bonds is 6. The van der Waals surface area contributed by atoms with Crippen LogP contribution < -0.4 is 4.90 Å². The maximum Gasteiger partial charge on any atom is 0.0577 e. The number of fused-ring (bicyclic) bond motifs is 5. The van der Waals surface area contributed by atoms with Crippen LogP contribution >= 0.6 is 0 Å². The molecule has 8 atom stereocenters. The summed E-state index contributed by atoms with van der Waals surface area (Å²) < 4.78 is 0. The molecule has 37 heavy (non-hydrogen) atoms. The second-order valence-corrected chi connectivity index (χ2v) is 14.3. The van der Waals surface area contributed by atoms with Gasteiger partial charge in [0, 0.05) is 32.2 Å². The largest absolute Gasteiger partial charge is 0.393 e. The Morgan fingerprint density at radius 3 is 2.35 bits per heavy atom. The summed E-state index contributed by atoms with van der Waals surface area (Å²) in [7, 11) is 4.02. The van der Waals surface area contributed by atoms with Gasteiger partial charge in [0.15, 0.2) is 0 Å². The zero-order valence-electron chi connectivity index (χ0n) is 25.0. The van der Waals surface area contributed by atoms with Crippen molar-refractivity contribution < 1.29 is 5.11 Å². The lowest BCUT2D eigenvalue weighted by Gasteiger charge is -2.58. The number of anilines is 1. The Hall–Kier alpha value is -1.35. The fraction of sp³-hybridized carbons (Fsp3) is 0.794. The van der Waals surface area contributed by atoms with Gasteiger partial charge in [0.25, 0.3) is 0 Å². The molecule has 0 aliphatic heterocycles. The number of aliphatic hydroxyl groups excluding tert-OH is 1. The number of aliphatic hydroxyl groups is 1. The molecule has 0 spiro atoms. The Morgan fingerprint density at radius 2 is 1.70 bits per heavy atom. The topological polar surface area (TPSA) is 36.4 Å². The van der Waals surface area contributed by atoms with Gasteiger partial charge in [0.1, 0.15) is 0 Å². The number of nitrogens with zero attached hydrogens (tertiary/aromatic N) is 2. The predicted molar refractivity (Wildman–Crippen MR) is 158 cm³/mol. The van der Waals surface area contributed by atoms with Gasteiger partial charge in [-0.3, -0.25) is 4.98 Å². The number of aromatic nitrogens is 1. The molecule has 5 rings (SSSR count). The Labute approximate surface area is 228 Å². The number of pyridine rings is 1. The Morgan fingerprint density at radius 1 is 0.973 bits per heavy atom. The molecule has 0 radical (unpaired) electrons. The minimum Gasteiger partial charge on any atom is -0.393 e. The van der Waals surface area contributed by atoms with E-state index >= 15 is 0 Å². The van der Waals surface area contributed by atoms with Crippen LogP contribution in [0.15, 0.2) is 36.2 Å². The standard InChI is InChI=1S/C27H46O.C7H10N2/c1-18(2)7-6-8-19(3)23-11-12-24-22-10-9-20-17-21(28)13-15-26(20,4)25(22)14-16-27(23,24)5;1-9(2)7-3-5-8-6-4-7/h9,18-19,21-25,28H,6-8,10-17H2,1-5H3;3-6H,1-2H3/t19?,21-,22-,23+,24-,25-,26-,27+;/m0./s1. The van der Waals surface area contributed by atoms with Gasteiger partial charge in [-0.15, -0.1) is 0 Å². The second-order valence-electron chi connectivity index (χ2n) is 14.3. The molecule has 1 heterocycles. The van der Waals surface area contributed by atoms with Crippen LogP contribution in [0.3, 0.4) is 0 Å². The molecular formula is C34H56N2O. The monoisotopic (exact) mass is 508 g/mol. The lowest BCUT2D eigenvalue weighted by Crippen LogP contribution is -2.50. The van der Waals surface area contributed by atoms with E-state index in [0.717, 1.165) is 48.3 Å². The third-order valence-electron chi connectivity index (χ3n) is 11.5. The van der Waals surface area contributed by atoms with E-state index in [9.17, 15) is 5.11 Å². The number of allylic oxidation sites excluding steroid dienone is 1. The van der Waals surface area contributed by atoms with Crippen LogP contribution in [0, 0.1) is 46.3 Å². The predicted octanol–water partition coefficient (Wildman–Crippen LogP) is 8.54. The van der Waals surface area contributed by atoms with E-state index in [1.807, 2.05) is 31.1 Å². The Balaban J connectivity index is 0.000000301. The van der Waals surface area contributed by atoms with Crippen LogP contribution in [-0.2, 0) is 0 Å². The molecule has 1 unspecified atom stereocenters. The maximum atomic E-state index is 10.2. The van der Waals surface area contributed by atoms with Crippen molar-refractivity contribution >= 4 is 5.69 Å². The van der Waals surface area contributed by atoms with Gasteiger partial charge >= 0.3 is 0 Å². The van der Waals surface area contributed by atoms with Crippen molar-refractivity contribution in [3.63, 3.8) is 0 Å². The Bertz CT molecular complexity index is 894. The average Bonchev–Trinajstić information content (AvgIpc) is 3.22. The highest BCUT2D eigenvalue weighted by molar-refractivity contribution is 5.42. The van der Waals surface area contributed by atoms with Gasteiger partial charge in [0.2, 0.25) is 0 Å². The van der Waals surface area contributed by atoms with Gasteiger partial charge in [-0.2, -0.15) is 0 Å². The van der Waals surface area contributed by atoms with E-state index < -0.39 is 0 Å². The quantitative estimate of drug-likeness (QED) is 0.391. The fourth-order valence-electron chi connectivity index (χ4n) is 9.31. The SMILES string of the molecule is CC(C)CCCC(C)[C@H]1CC[C@H]2[C@@H]3CC=C4C[C@@H](O)CC[C@]4(C)[C@H]3CC[C@]12C.CN(C)c1ccncc1. The molecule has 0 amide bonds. The minimum atomic E-state index is -0.0766. The zero-order valence-corrected chi connectivity index (χ0v) is 25.0. The van der Waals surface area contributed by atoms with Crippen molar-refractivity contribution in [3.05, 3.63) is 36.2 Å². The van der Waals surface area contributed by atoms with E-state index in [4.69, 9.17) is 0 Å². The molecule has 0 aromatic carbocycles. The van der Waals surface area contributed by atoms with E-state index in [1.165, 1.54) is 63.5 Å². The summed E-state index contributed by atoms with van der Waals surface area (Å²) in [6.45, 7) is 12.6. The van der Waals surface area contributed by atoms with Crippen LogP contribution in [0.5, 0.6) is 0 Å². The first-order valence-electron chi connectivity index (χ1n) is 15.5. The molecule has 3 saturated carbocycles. The maximum absolute atomic E-state index is 10.2. The summed E-state index contributed by atoms with van der Waals surface area (Å²) in [5.74, 6) is 5.46. The fourth-order valence-corrected chi connectivity index (χ4v) is 9.31. The first-order valence-corrected chi connectivity index (χ1v) is 15.5. The van der Waals surface area contributed by atoms with Gasteiger partial charge in [-0.1, -0.05) is 65.5 Å². The summed E-state index contributed by atoms with van der Waals surface area (Å²) in [5.41, 5.74) is 3.79. The van der Waals surface area contributed by atoms with Crippen molar-refractivity contribution in [2.75, 3.05) is 19.0 Å². The molecule has 1 aromatic heterocycles. The van der Waals surface area contributed by atoms with E-state index in [1.54, 1.807) is 18.0 Å². The first kappa shape index (κ1) is 28.7.